The smallest absolute Gasteiger partial charge is 0.261 e. The van der Waals surface area contributed by atoms with Gasteiger partial charge in [-0.3, -0.25) is 14.4 Å². The summed E-state index contributed by atoms with van der Waals surface area (Å²) in [6.07, 6.45) is 0.853. The molecule has 7 heteroatoms. The molecule has 0 radical (unpaired) electrons. The number of nitrogens with zero attached hydrogens (tertiary/aromatic N) is 1. The molecule has 0 fully saturated rings. The van der Waals surface area contributed by atoms with E-state index < -0.39 is 17.3 Å². The maximum absolute atomic E-state index is 13.2. The highest BCUT2D eigenvalue weighted by Crippen LogP contribution is 2.33. The van der Waals surface area contributed by atoms with E-state index >= 15 is 0 Å². The van der Waals surface area contributed by atoms with Crippen molar-refractivity contribution in [1.29, 1.82) is 5.26 Å². The Hall–Kier alpha value is -3.27. The standard InChI is InChI=1S/C19H16FN3O3/c1-19(2)7-15-12(16(24)8-19)6-13(18(26)23-15)17(25)22-14-4-3-11(20)5-10(14)9-21/h3-6H,7-8H2,1-2H3,(H,22,25)(H,23,26). The molecule has 0 bridgehead atoms. The zero-order valence-electron chi connectivity index (χ0n) is 14.3. The van der Waals surface area contributed by atoms with Crippen LogP contribution in [0.15, 0.2) is 29.1 Å². The number of nitrogens with one attached hydrogen (secondary N) is 2. The highest BCUT2D eigenvalue weighted by Gasteiger charge is 2.32. The highest BCUT2D eigenvalue weighted by atomic mass is 19.1. The van der Waals surface area contributed by atoms with Gasteiger partial charge in [-0.05, 0) is 36.1 Å². The van der Waals surface area contributed by atoms with Gasteiger partial charge in [0.25, 0.3) is 11.5 Å². The van der Waals surface area contributed by atoms with Gasteiger partial charge in [-0.2, -0.15) is 5.26 Å². The molecule has 1 aliphatic rings. The molecule has 1 amide bonds. The average molecular weight is 353 g/mol. The first kappa shape index (κ1) is 17.5. The molecule has 0 spiro atoms. The second kappa shape index (κ2) is 6.23. The van der Waals surface area contributed by atoms with E-state index in [-0.39, 0.29) is 28.0 Å². The number of aromatic amines is 1. The number of ketones is 1. The number of fused-ring (bicyclic) bond motifs is 1. The van der Waals surface area contributed by atoms with Crippen LogP contribution in [0.1, 0.15) is 52.2 Å². The van der Waals surface area contributed by atoms with Gasteiger partial charge in [0.1, 0.15) is 17.4 Å². The number of rotatable bonds is 2. The Bertz CT molecular complexity index is 1030. The second-order valence-corrected chi connectivity index (χ2v) is 7.10. The number of hydrogen-bond acceptors (Lipinski definition) is 4. The van der Waals surface area contributed by atoms with Gasteiger partial charge in [0.15, 0.2) is 5.78 Å². The summed E-state index contributed by atoms with van der Waals surface area (Å²) in [5.74, 6) is -1.52. The van der Waals surface area contributed by atoms with Crippen molar-refractivity contribution in [2.75, 3.05) is 5.32 Å². The SMILES string of the molecule is CC1(C)CC(=O)c2cc(C(=O)Nc3ccc(F)cc3C#N)c(=O)[nH]c2C1. The monoisotopic (exact) mass is 353 g/mol. The van der Waals surface area contributed by atoms with Crippen LogP contribution < -0.4 is 10.9 Å². The number of anilines is 1. The van der Waals surface area contributed by atoms with Crippen LogP contribution >= 0.6 is 0 Å². The van der Waals surface area contributed by atoms with Gasteiger partial charge < -0.3 is 10.3 Å². The van der Waals surface area contributed by atoms with E-state index in [0.717, 1.165) is 12.1 Å². The number of halogens is 1. The lowest BCUT2D eigenvalue weighted by Crippen LogP contribution is -2.32. The van der Waals surface area contributed by atoms with Crippen molar-refractivity contribution in [1.82, 2.24) is 4.98 Å². The molecule has 132 valence electrons. The third-order valence-electron chi connectivity index (χ3n) is 4.31. The second-order valence-electron chi connectivity index (χ2n) is 7.10. The first-order chi connectivity index (χ1) is 12.2. The third-order valence-corrected chi connectivity index (χ3v) is 4.31. The number of carbonyl (C=O) groups is 2. The van der Waals surface area contributed by atoms with Crippen LogP contribution in [0, 0.1) is 22.6 Å². The molecule has 0 saturated heterocycles. The summed E-state index contributed by atoms with van der Waals surface area (Å²) in [4.78, 5) is 39.7. The van der Waals surface area contributed by atoms with Gasteiger partial charge in [0.05, 0.1) is 11.3 Å². The fraction of sp³-hybridized carbons (Fsp3) is 0.263. The predicted octanol–water partition coefficient (Wildman–Crippen LogP) is 2.79. The van der Waals surface area contributed by atoms with Crippen LogP contribution in [0.25, 0.3) is 0 Å². The van der Waals surface area contributed by atoms with Crippen LogP contribution in [0.3, 0.4) is 0 Å². The topological polar surface area (TPSA) is 103 Å². The number of Topliss-reactive ketones (excluding diaryl/α,β-unsaturated/α-hetero) is 1. The van der Waals surface area contributed by atoms with Crippen molar-refractivity contribution in [3.8, 4) is 6.07 Å². The molecule has 3 rings (SSSR count). The molecule has 1 aliphatic carbocycles. The molecule has 6 nitrogen and oxygen atoms in total. The van der Waals surface area contributed by atoms with Crippen LogP contribution in [-0.4, -0.2) is 16.7 Å². The van der Waals surface area contributed by atoms with Crippen molar-refractivity contribution in [2.24, 2.45) is 5.41 Å². The Morgan fingerprint density at radius 2 is 2.00 bits per heavy atom. The van der Waals surface area contributed by atoms with Crippen LogP contribution in [0.5, 0.6) is 0 Å². The van der Waals surface area contributed by atoms with E-state index in [4.69, 9.17) is 5.26 Å². The highest BCUT2D eigenvalue weighted by molar-refractivity contribution is 6.07. The Morgan fingerprint density at radius 3 is 2.69 bits per heavy atom. The zero-order valence-corrected chi connectivity index (χ0v) is 14.3. The molecular weight excluding hydrogens is 337 g/mol. The minimum absolute atomic E-state index is 0.0643. The summed E-state index contributed by atoms with van der Waals surface area (Å²) in [6.45, 7) is 3.87. The van der Waals surface area contributed by atoms with Crippen molar-refractivity contribution in [3.63, 3.8) is 0 Å². The van der Waals surface area contributed by atoms with Gasteiger partial charge in [-0.25, -0.2) is 4.39 Å². The van der Waals surface area contributed by atoms with Crippen LogP contribution in [0.2, 0.25) is 0 Å². The lowest BCUT2D eigenvalue weighted by Gasteiger charge is -2.29. The summed E-state index contributed by atoms with van der Waals surface area (Å²) in [6, 6.07) is 6.39. The average Bonchev–Trinajstić information content (AvgIpc) is 2.54. The molecule has 0 atom stereocenters. The normalized spacial score (nSPS) is 15.1. The Kier molecular flexibility index (Phi) is 4.20. The number of pyridine rings is 1. The number of benzene rings is 1. The first-order valence-electron chi connectivity index (χ1n) is 8.00. The minimum Gasteiger partial charge on any atom is -0.325 e. The number of aromatic nitrogens is 1. The molecule has 1 heterocycles. The molecule has 1 aromatic heterocycles. The van der Waals surface area contributed by atoms with E-state index in [9.17, 15) is 18.8 Å². The molecule has 2 aromatic rings. The maximum atomic E-state index is 13.2. The van der Waals surface area contributed by atoms with Crippen LogP contribution in [-0.2, 0) is 6.42 Å². The summed E-state index contributed by atoms with van der Waals surface area (Å²) < 4.78 is 13.2. The summed E-state index contributed by atoms with van der Waals surface area (Å²) in [5.41, 5.74) is -0.237. The molecule has 0 aliphatic heterocycles. The fourth-order valence-corrected chi connectivity index (χ4v) is 3.10. The Morgan fingerprint density at radius 1 is 1.27 bits per heavy atom. The predicted molar refractivity (Wildman–Crippen MR) is 92.6 cm³/mol. The van der Waals surface area contributed by atoms with E-state index in [0.29, 0.717) is 24.1 Å². The van der Waals surface area contributed by atoms with Crippen molar-refractivity contribution < 1.29 is 14.0 Å². The number of H-pyrrole nitrogens is 1. The molecule has 0 saturated carbocycles. The lowest BCUT2D eigenvalue weighted by molar-refractivity contribution is 0.0910. The summed E-state index contributed by atoms with van der Waals surface area (Å²) in [7, 11) is 0. The van der Waals surface area contributed by atoms with E-state index in [1.807, 2.05) is 13.8 Å². The van der Waals surface area contributed by atoms with Gasteiger partial charge >= 0.3 is 0 Å². The summed E-state index contributed by atoms with van der Waals surface area (Å²) in [5, 5.41) is 11.5. The lowest BCUT2D eigenvalue weighted by atomic mass is 9.75. The van der Waals surface area contributed by atoms with Crippen molar-refractivity contribution in [2.45, 2.75) is 26.7 Å². The number of nitriles is 1. The fourth-order valence-electron chi connectivity index (χ4n) is 3.10. The first-order valence-corrected chi connectivity index (χ1v) is 8.00. The van der Waals surface area contributed by atoms with E-state index in [1.54, 1.807) is 6.07 Å². The van der Waals surface area contributed by atoms with Gasteiger partial charge in [-0.15, -0.1) is 0 Å². The number of hydrogen-bond donors (Lipinski definition) is 2. The zero-order chi connectivity index (χ0) is 19.1. The Balaban J connectivity index is 1.97. The van der Waals surface area contributed by atoms with Gasteiger partial charge in [0, 0.05) is 17.7 Å². The molecular formula is C19H16FN3O3. The number of amides is 1. The molecule has 1 aromatic carbocycles. The third kappa shape index (κ3) is 3.26. The minimum atomic E-state index is -0.769. The maximum Gasteiger partial charge on any atom is 0.261 e. The van der Waals surface area contributed by atoms with E-state index in [1.165, 1.54) is 12.1 Å². The summed E-state index contributed by atoms with van der Waals surface area (Å²) >= 11 is 0. The van der Waals surface area contributed by atoms with Crippen molar-refractivity contribution in [3.05, 3.63) is 62.8 Å². The van der Waals surface area contributed by atoms with Crippen molar-refractivity contribution >= 4 is 17.4 Å². The molecule has 0 unspecified atom stereocenters. The van der Waals surface area contributed by atoms with E-state index in [2.05, 4.69) is 10.3 Å². The number of carbonyl (C=O) groups excluding carboxylic acids is 2. The largest absolute Gasteiger partial charge is 0.325 e. The van der Waals surface area contributed by atoms with Crippen LogP contribution in [0.4, 0.5) is 10.1 Å². The molecule has 2 N–H and O–H groups in total. The Labute approximate surface area is 148 Å². The molecule has 26 heavy (non-hydrogen) atoms. The van der Waals surface area contributed by atoms with Gasteiger partial charge in [0.2, 0.25) is 0 Å². The quantitative estimate of drug-likeness (QED) is 0.866. The van der Waals surface area contributed by atoms with Gasteiger partial charge in [-0.1, -0.05) is 13.8 Å².